The summed E-state index contributed by atoms with van der Waals surface area (Å²) in [6.07, 6.45) is 0. The molecule has 1 aromatic carbocycles. The van der Waals surface area contributed by atoms with Crippen LogP contribution in [0.4, 0.5) is 5.69 Å². The lowest BCUT2D eigenvalue weighted by Crippen LogP contribution is -2.13. The van der Waals surface area contributed by atoms with E-state index in [4.69, 9.17) is 5.14 Å². The van der Waals surface area contributed by atoms with Crippen molar-refractivity contribution < 1.29 is 8.42 Å². The molecule has 0 saturated carbocycles. The molecule has 0 aliphatic carbocycles. The van der Waals surface area contributed by atoms with Gasteiger partial charge in [0.25, 0.3) is 0 Å². The van der Waals surface area contributed by atoms with E-state index in [0.29, 0.717) is 0 Å². The second kappa shape index (κ2) is 5.09. The Hall–Kier alpha value is -1.37. The molecular formula is C12H14N2O2S2. The molecule has 0 aliphatic heterocycles. The van der Waals surface area contributed by atoms with Gasteiger partial charge in [0.2, 0.25) is 10.0 Å². The molecule has 4 nitrogen and oxygen atoms in total. The number of primary sulfonamides is 1. The molecule has 0 aliphatic rings. The average molecular weight is 282 g/mol. The lowest BCUT2D eigenvalue weighted by molar-refractivity contribution is 0.598. The van der Waals surface area contributed by atoms with Gasteiger partial charge in [0.1, 0.15) is 0 Å². The number of thiophene rings is 1. The van der Waals surface area contributed by atoms with Crippen LogP contribution in [0.2, 0.25) is 0 Å². The highest BCUT2D eigenvalue weighted by Gasteiger charge is 2.10. The first kappa shape index (κ1) is 13.1. The van der Waals surface area contributed by atoms with E-state index >= 15 is 0 Å². The van der Waals surface area contributed by atoms with E-state index in [2.05, 4.69) is 5.32 Å². The van der Waals surface area contributed by atoms with E-state index in [0.717, 1.165) is 5.69 Å². The summed E-state index contributed by atoms with van der Waals surface area (Å²) in [5.74, 6) is 0. The summed E-state index contributed by atoms with van der Waals surface area (Å²) in [6.45, 7) is 2.02. The van der Waals surface area contributed by atoms with Gasteiger partial charge in [-0.2, -0.15) is 0 Å². The molecule has 18 heavy (non-hydrogen) atoms. The average Bonchev–Trinajstić information content (AvgIpc) is 2.81. The second-order valence-corrected chi connectivity index (χ2v) is 6.49. The van der Waals surface area contributed by atoms with Crippen LogP contribution in [0.1, 0.15) is 17.8 Å². The summed E-state index contributed by atoms with van der Waals surface area (Å²) < 4.78 is 22.5. The van der Waals surface area contributed by atoms with Gasteiger partial charge in [-0.25, -0.2) is 13.6 Å². The molecule has 1 aromatic heterocycles. The van der Waals surface area contributed by atoms with Crippen LogP contribution in [-0.2, 0) is 10.0 Å². The number of hydrogen-bond acceptors (Lipinski definition) is 4. The van der Waals surface area contributed by atoms with Crippen LogP contribution in [0.5, 0.6) is 0 Å². The Kier molecular flexibility index (Phi) is 3.70. The normalized spacial score (nSPS) is 13.2. The zero-order valence-corrected chi connectivity index (χ0v) is 11.5. The topological polar surface area (TPSA) is 72.2 Å². The Morgan fingerprint density at radius 2 is 2.06 bits per heavy atom. The second-order valence-electron chi connectivity index (χ2n) is 3.95. The summed E-state index contributed by atoms with van der Waals surface area (Å²) in [6, 6.07) is 10.7. The molecule has 2 rings (SSSR count). The summed E-state index contributed by atoms with van der Waals surface area (Å²) >= 11 is 1.65. The van der Waals surface area contributed by atoms with Crippen molar-refractivity contribution in [3.05, 3.63) is 46.7 Å². The van der Waals surface area contributed by atoms with E-state index < -0.39 is 10.0 Å². The molecule has 1 unspecified atom stereocenters. The monoisotopic (exact) mass is 282 g/mol. The summed E-state index contributed by atoms with van der Waals surface area (Å²) in [5.41, 5.74) is 0.738. The highest BCUT2D eigenvalue weighted by atomic mass is 32.2. The number of benzene rings is 1. The zero-order valence-electron chi connectivity index (χ0n) is 9.83. The van der Waals surface area contributed by atoms with Crippen LogP contribution in [0.3, 0.4) is 0 Å². The Bertz CT molecular complexity index is 621. The highest BCUT2D eigenvalue weighted by Crippen LogP contribution is 2.24. The summed E-state index contributed by atoms with van der Waals surface area (Å²) in [4.78, 5) is 1.31. The van der Waals surface area contributed by atoms with Gasteiger partial charge < -0.3 is 5.32 Å². The molecular weight excluding hydrogens is 268 g/mol. The van der Waals surface area contributed by atoms with Crippen LogP contribution in [0.15, 0.2) is 46.7 Å². The smallest absolute Gasteiger partial charge is 0.238 e. The van der Waals surface area contributed by atoms with Gasteiger partial charge in [0.05, 0.1) is 10.9 Å². The minimum Gasteiger partial charge on any atom is -0.378 e. The van der Waals surface area contributed by atoms with Gasteiger partial charge >= 0.3 is 0 Å². The minimum atomic E-state index is -3.65. The van der Waals surface area contributed by atoms with Crippen LogP contribution in [-0.4, -0.2) is 8.42 Å². The predicted octanol–water partition coefficient (Wildman–Crippen LogP) is 2.57. The van der Waals surface area contributed by atoms with Crippen molar-refractivity contribution in [3.8, 4) is 0 Å². The van der Waals surface area contributed by atoms with Gasteiger partial charge in [0, 0.05) is 10.6 Å². The quantitative estimate of drug-likeness (QED) is 0.905. The van der Waals surface area contributed by atoms with Gasteiger partial charge in [-0.15, -0.1) is 11.3 Å². The third kappa shape index (κ3) is 3.10. The molecule has 3 N–H and O–H groups in total. The first-order valence-corrected chi connectivity index (χ1v) is 7.82. The fourth-order valence-corrected chi connectivity index (χ4v) is 2.92. The van der Waals surface area contributed by atoms with Crippen molar-refractivity contribution in [1.82, 2.24) is 0 Å². The SMILES string of the molecule is CC(Nc1cccc(S(N)(=O)=O)c1)c1cccs1. The molecule has 0 saturated heterocycles. The van der Waals surface area contributed by atoms with Gasteiger partial charge in [0.15, 0.2) is 0 Å². The summed E-state index contributed by atoms with van der Waals surface area (Å²) in [7, 11) is -3.65. The van der Waals surface area contributed by atoms with E-state index in [1.807, 2.05) is 30.5 Å². The van der Waals surface area contributed by atoms with E-state index in [1.54, 1.807) is 23.5 Å². The molecule has 0 fully saturated rings. The number of hydrogen-bond donors (Lipinski definition) is 2. The largest absolute Gasteiger partial charge is 0.378 e. The Balaban J connectivity index is 2.20. The third-order valence-electron chi connectivity index (χ3n) is 2.52. The lowest BCUT2D eigenvalue weighted by Gasteiger charge is -2.14. The fraction of sp³-hybridized carbons (Fsp3) is 0.167. The molecule has 1 atom stereocenters. The van der Waals surface area contributed by atoms with Gasteiger partial charge in [-0.05, 0) is 36.6 Å². The molecule has 1 heterocycles. The Morgan fingerprint density at radius 1 is 1.28 bits per heavy atom. The molecule has 96 valence electrons. The van der Waals surface area contributed by atoms with Crippen LogP contribution in [0.25, 0.3) is 0 Å². The lowest BCUT2D eigenvalue weighted by atomic mass is 10.2. The number of nitrogens with two attached hydrogens (primary N) is 1. The van der Waals surface area contributed by atoms with Crippen molar-refractivity contribution in [3.63, 3.8) is 0 Å². The van der Waals surface area contributed by atoms with Crippen molar-refractivity contribution in [2.45, 2.75) is 17.9 Å². The Morgan fingerprint density at radius 3 is 2.67 bits per heavy atom. The minimum absolute atomic E-state index is 0.117. The molecule has 6 heteroatoms. The first-order chi connectivity index (χ1) is 8.47. The standard InChI is InChI=1S/C12H14N2O2S2/c1-9(12-6-3-7-17-12)14-10-4-2-5-11(8-10)18(13,15)16/h2-9,14H,1H3,(H2,13,15,16). The maximum atomic E-state index is 11.3. The van der Waals surface area contributed by atoms with E-state index in [1.165, 1.54) is 10.9 Å². The van der Waals surface area contributed by atoms with Crippen LogP contribution in [0, 0.1) is 0 Å². The molecule has 0 amide bonds. The van der Waals surface area contributed by atoms with Crippen LogP contribution >= 0.6 is 11.3 Å². The number of nitrogens with one attached hydrogen (secondary N) is 1. The van der Waals surface area contributed by atoms with Crippen LogP contribution < -0.4 is 10.5 Å². The van der Waals surface area contributed by atoms with Crippen molar-refractivity contribution in [1.29, 1.82) is 0 Å². The number of sulfonamides is 1. The molecule has 0 spiro atoms. The number of anilines is 1. The van der Waals surface area contributed by atoms with Crippen molar-refractivity contribution >= 4 is 27.0 Å². The van der Waals surface area contributed by atoms with Gasteiger partial charge in [-0.3, -0.25) is 0 Å². The van der Waals surface area contributed by atoms with E-state index in [-0.39, 0.29) is 10.9 Å². The fourth-order valence-electron chi connectivity index (χ4n) is 1.62. The first-order valence-electron chi connectivity index (χ1n) is 5.39. The maximum absolute atomic E-state index is 11.3. The highest BCUT2D eigenvalue weighted by molar-refractivity contribution is 7.89. The molecule has 0 radical (unpaired) electrons. The van der Waals surface area contributed by atoms with Gasteiger partial charge in [-0.1, -0.05) is 12.1 Å². The molecule has 2 aromatic rings. The van der Waals surface area contributed by atoms with Crippen molar-refractivity contribution in [2.24, 2.45) is 5.14 Å². The number of rotatable bonds is 4. The third-order valence-corrected chi connectivity index (χ3v) is 4.48. The molecule has 0 bridgehead atoms. The zero-order chi connectivity index (χ0) is 13.2. The Labute approximate surface area is 111 Å². The van der Waals surface area contributed by atoms with E-state index in [9.17, 15) is 8.42 Å². The van der Waals surface area contributed by atoms with Crippen molar-refractivity contribution in [2.75, 3.05) is 5.32 Å². The summed E-state index contributed by atoms with van der Waals surface area (Å²) in [5, 5.41) is 10.4. The predicted molar refractivity (Wildman–Crippen MR) is 74.2 cm³/mol. The maximum Gasteiger partial charge on any atom is 0.238 e.